The topological polar surface area (TPSA) is 58.6 Å². The first-order valence-corrected chi connectivity index (χ1v) is 7.65. The maximum absolute atomic E-state index is 11.0. The standard InChI is InChI=1S/C19H23NO3/c1-19(2,14-23-13-15-7-4-3-5-8-15)20-12-16-9-6-10-17(11-16)18(21)22/h3-11,20H,12-14H2,1-2H3,(H,21,22). The van der Waals surface area contributed by atoms with Gasteiger partial charge < -0.3 is 15.2 Å². The molecule has 0 aromatic heterocycles. The predicted octanol–water partition coefficient (Wildman–Crippen LogP) is 3.47. The molecule has 2 rings (SSSR count). The maximum atomic E-state index is 11.0. The maximum Gasteiger partial charge on any atom is 0.335 e. The third kappa shape index (κ3) is 5.85. The average Bonchev–Trinajstić information content (AvgIpc) is 2.54. The number of hydrogen-bond donors (Lipinski definition) is 2. The largest absolute Gasteiger partial charge is 0.478 e. The highest BCUT2D eigenvalue weighted by molar-refractivity contribution is 5.87. The Morgan fingerprint density at radius 2 is 1.78 bits per heavy atom. The molecule has 23 heavy (non-hydrogen) atoms. The van der Waals surface area contributed by atoms with Crippen molar-refractivity contribution in [1.82, 2.24) is 5.32 Å². The summed E-state index contributed by atoms with van der Waals surface area (Å²) in [5, 5.41) is 12.4. The van der Waals surface area contributed by atoms with Gasteiger partial charge in [-0.15, -0.1) is 0 Å². The molecule has 2 aromatic carbocycles. The monoisotopic (exact) mass is 313 g/mol. The molecule has 4 heteroatoms. The van der Waals surface area contributed by atoms with Crippen molar-refractivity contribution < 1.29 is 14.6 Å². The Bertz CT molecular complexity index is 638. The smallest absolute Gasteiger partial charge is 0.335 e. The van der Waals surface area contributed by atoms with Crippen LogP contribution in [0.1, 0.15) is 35.3 Å². The van der Waals surface area contributed by atoms with Gasteiger partial charge in [0.1, 0.15) is 0 Å². The molecule has 0 heterocycles. The van der Waals surface area contributed by atoms with Gasteiger partial charge in [0.2, 0.25) is 0 Å². The van der Waals surface area contributed by atoms with E-state index in [9.17, 15) is 4.79 Å². The molecule has 0 bridgehead atoms. The molecule has 0 amide bonds. The summed E-state index contributed by atoms with van der Waals surface area (Å²) < 4.78 is 5.78. The van der Waals surface area contributed by atoms with E-state index in [2.05, 4.69) is 19.2 Å². The molecule has 0 saturated heterocycles. The molecule has 0 saturated carbocycles. The lowest BCUT2D eigenvalue weighted by Gasteiger charge is -2.26. The molecule has 0 fully saturated rings. The van der Waals surface area contributed by atoms with Crippen molar-refractivity contribution in [3.05, 3.63) is 71.3 Å². The second-order valence-corrected chi connectivity index (χ2v) is 6.22. The van der Waals surface area contributed by atoms with E-state index in [1.807, 2.05) is 36.4 Å². The Kier molecular flexibility index (Phi) is 5.90. The van der Waals surface area contributed by atoms with Crippen LogP contribution in [-0.2, 0) is 17.9 Å². The van der Waals surface area contributed by atoms with E-state index in [1.54, 1.807) is 18.2 Å². The molecule has 2 aromatic rings. The number of carboxylic acid groups (broad SMARTS) is 1. The highest BCUT2D eigenvalue weighted by Gasteiger charge is 2.17. The minimum Gasteiger partial charge on any atom is -0.478 e. The Morgan fingerprint density at radius 1 is 1.09 bits per heavy atom. The quantitative estimate of drug-likeness (QED) is 0.783. The fourth-order valence-corrected chi connectivity index (χ4v) is 2.20. The number of benzene rings is 2. The molecular formula is C19H23NO3. The summed E-state index contributed by atoms with van der Waals surface area (Å²) in [5.41, 5.74) is 2.20. The van der Waals surface area contributed by atoms with Crippen molar-refractivity contribution in [2.75, 3.05) is 6.61 Å². The van der Waals surface area contributed by atoms with E-state index in [-0.39, 0.29) is 5.54 Å². The van der Waals surface area contributed by atoms with E-state index >= 15 is 0 Å². The molecule has 0 radical (unpaired) electrons. The molecule has 0 aliphatic rings. The van der Waals surface area contributed by atoms with Crippen LogP contribution in [0.4, 0.5) is 0 Å². The van der Waals surface area contributed by atoms with Crippen LogP contribution in [0.15, 0.2) is 54.6 Å². The number of aromatic carboxylic acids is 1. The van der Waals surface area contributed by atoms with Gasteiger partial charge in [0.05, 0.1) is 18.8 Å². The summed E-state index contributed by atoms with van der Waals surface area (Å²) in [6.45, 7) is 5.89. The van der Waals surface area contributed by atoms with Crippen molar-refractivity contribution in [3.8, 4) is 0 Å². The second-order valence-electron chi connectivity index (χ2n) is 6.22. The Morgan fingerprint density at radius 3 is 2.48 bits per heavy atom. The molecule has 122 valence electrons. The zero-order valence-electron chi connectivity index (χ0n) is 13.6. The van der Waals surface area contributed by atoms with Crippen LogP contribution < -0.4 is 5.32 Å². The van der Waals surface area contributed by atoms with Gasteiger partial charge in [-0.3, -0.25) is 0 Å². The van der Waals surface area contributed by atoms with Gasteiger partial charge in [-0.05, 0) is 37.1 Å². The number of ether oxygens (including phenoxy) is 1. The fourth-order valence-electron chi connectivity index (χ4n) is 2.20. The van der Waals surface area contributed by atoms with E-state index < -0.39 is 5.97 Å². The summed E-state index contributed by atoms with van der Waals surface area (Å²) in [7, 11) is 0. The van der Waals surface area contributed by atoms with Crippen LogP contribution in [0, 0.1) is 0 Å². The number of carboxylic acids is 1. The van der Waals surface area contributed by atoms with Crippen molar-refractivity contribution in [3.63, 3.8) is 0 Å². The minimum atomic E-state index is -0.905. The fraction of sp³-hybridized carbons (Fsp3) is 0.316. The number of carbonyl (C=O) groups is 1. The molecule has 0 spiro atoms. The van der Waals surface area contributed by atoms with Gasteiger partial charge >= 0.3 is 5.97 Å². The highest BCUT2D eigenvalue weighted by Crippen LogP contribution is 2.10. The summed E-state index contributed by atoms with van der Waals surface area (Å²) in [5.74, 6) is -0.905. The van der Waals surface area contributed by atoms with E-state index in [0.29, 0.717) is 25.3 Å². The zero-order valence-corrected chi connectivity index (χ0v) is 13.6. The van der Waals surface area contributed by atoms with Gasteiger partial charge in [0, 0.05) is 12.1 Å². The lowest BCUT2D eigenvalue weighted by atomic mass is 10.1. The normalized spacial score (nSPS) is 11.4. The molecule has 0 aliphatic carbocycles. The first kappa shape index (κ1) is 17.2. The molecule has 0 aliphatic heterocycles. The SMILES string of the molecule is CC(C)(COCc1ccccc1)NCc1cccc(C(=O)O)c1. The Labute approximate surface area is 137 Å². The van der Waals surface area contributed by atoms with E-state index in [0.717, 1.165) is 11.1 Å². The first-order valence-electron chi connectivity index (χ1n) is 7.65. The summed E-state index contributed by atoms with van der Waals surface area (Å²) >= 11 is 0. The van der Waals surface area contributed by atoms with E-state index in [1.165, 1.54) is 0 Å². The number of rotatable bonds is 8. The van der Waals surface area contributed by atoms with Crippen LogP contribution >= 0.6 is 0 Å². The lowest BCUT2D eigenvalue weighted by Crippen LogP contribution is -2.43. The third-order valence-electron chi connectivity index (χ3n) is 3.52. The van der Waals surface area contributed by atoms with Crippen LogP contribution in [0.25, 0.3) is 0 Å². The van der Waals surface area contributed by atoms with Gasteiger partial charge in [0.15, 0.2) is 0 Å². The van der Waals surface area contributed by atoms with Crippen LogP contribution in [-0.4, -0.2) is 23.2 Å². The Hall–Kier alpha value is -2.17. The zero-order chi connectivity index (χ0) is 16.7. The van der Waals surface area contributed by atoms with Crippen molar-refractivity contribution >= 4 is 5.97 Å². The average molecular weight is 313 g/mol. The second kappa shape index (κ2) is 7.90. The van der Waals surface area contributed by atoms with Crippen LogP contribution in [0.2, 0.25) is 0 Å². The highest BCUT2D eigenvalue weighted by atomic mass is 16.5. The molecule has 2 N–H and O–H groups in total. The van der Waals surface area contributed by atoms with Gasteiger partial charge in [-0.1, -0.05) is 42.5 Å². The van der Waals surface area contributed by atoms with Crippen LogP contribution in [0.3, 0.4) is 0 Å². The van der Waals surface area contributed by atoms with E-state index in [4.69, 9.17) is 9.84 Å². The molecular weight excluding hydrogens is 290 g/mol. The summed E-state index contributed by atoms with van der Waals surface area (Å²) in [6.07, 6.45) is 0. The number of nitrogens with one attached hydrogen (secondary N) is 1. The van der Waals surface area contributed by atoms with Crippen LogP contribution in [0.5, 0.6) is 0 Å². The first-order chi connectivity index (χ1) is 11.0. The van der Waals surface area contributed by atoms with Crippen molar-refractivity contribution in [1.29, 1.82) is 0 Å². The molecule has 0 unspecified atom stereocenters. The lowest BCUT2D eigenvalue weighted by molar-refractivity contribution is 0.0694. The van der Waals surface area contributed by atoms with Crippen molar-refractivity contribution in [2.45, 2.75) is 32.5 Å². The Balaban J connectivity index is 1.81. The van der Waals surface area contributed by atoms with Gasteiger partial charge in [-0.2, -0.15) is 0 Å². The van der Waals surface area contributed by atoms with Gasteiger partial charge in [-0.25, -0.2) is 4.79 Å². The van der Waals surface area contributed by atoms with Crippen molar-refractivity contribution in [2.24, 2.45) is 0 Å². The predicted molar refractivity (Wildman–Crippen MR) is 90.4 cm³/mol. The number of hydrogen-bond acceptors (Lipinski definition) is 3. The minimum absolute atomic E-state index is 0.200. The summed E-state index contributed by atoms with van der Waals surface area (Å²) in [6, 6.07) is 17.0. The summed E-state index contributed by atoms with van der Waals surface area (Å²) in [4.78, 5) is 11.0. The molecule has 4 nitrogen and oxygen atoms in total. The third-order valence-corrected chi connectivity index (χ3v) is 3.52. The molecule has 0 atom stereocenters. The van der Waals surface area contributed by atoms with Gasteiger partial charge in [0.25, 0.3) is 0 Å².